The number of benzene rings is 1. The maximum absolute atomic E-state index is 12.1. The van der Waals surface area contributed by atoms with E-state index < -0.39 is 10.0 Å². The summed E-state index contributed by atoms with van der Waals surface area (Å²) in [4.78, 5) is 12.0. The van der Waals surface area contributed by atoms with Crippen LogP contribution in [0.15, 0.2) is 18.2 Å². The van der Waals surface area contributed by atoms with Crippen LogP contribution >= 0.6 is 11.6 Å². The molecule has 0 spiro atoms. The van der Waals surface area contributed by atoms with Crippen molar-refractivity contribution in [1.82, 2.24) is 5.32 Å². The van der Waals surface area contributed by atoms with E-state index in [1.807, 2.05) is 0 Å². The predicted octanol–water partition coefficient (Wildman–Crippen LogP) is 3.25. The van der Waals surface area contributed by atoms with Gasteiger partial charge in [0.15, 0.2) is 0 Å². The average Bonchev–Trinajstić information content (AvgIpc) is 2.99. The van der Waals surface area contributed by atoms with E-state index in [4.69, 9.17) is 11.6 Å². The number of nitrogens with one attached hydrogen (secondary N) is 1. The van der Waals surface area contributed by atoms with Crippen LogP contribution in [0.4, 0.5) is 5.69 Å². The van der Waals surface area contributed by atoms with Crippen molar-refractivity contribution in [2.75, 3.05) is 17.1 Å². The molecule has 1 fully saturated rings. The van der Waals surface area contributed by atoms with E-state index in [9.17, 15) is 13.2 Å². The second-order valence-electron chi connectivity index (χ2n) is 6.37. The number of amides is 1. The zero-order valence-electron chi connectivity index (χ0n) is 14.2. The highest BCUT2D eigenvalue weighted by Crippen LogP contribution is 2.28. The molecule has 1 N–H and O–H groups in total. The van der Waals surface area contributed by atoms with Crippen molar-refractivity contribution in [2.24, 2.45) is 0 Å². The minimum Gasteiger partial charge on any atom is -0.353 e. The first-order valence-corrected chi connectivity index (χ1v) is 10.5. The summed E-state index contributed by atoms with van der Waals surface area (Å²) in [5.74, 6) is -0.00170. The lowest BCUT2D eigenvalue weighted by molar-refractivity contribution is -0.121. The zero-order valence-corrected chi connectivity index (χ0v) is 15.8. The second kappa shape index (κ2) is 8.21. The van der Waals surface area contributed by atoms with Gasteiger partial charge in [0.2, 0.25) is 15.9 Å². The lowest BCUT2D eigenvalue weighted by Crippen LogP contribution is -2.35. The van der Waals surface area contributed by atoms with Gasteiger partial charge in [0.05, 0.1) is 11.9 Å². The molecule has 0 aromatic heterocycles. The minimum atomic E-state index is -3.43. The number of carbonyl (C=O) groups excluding carboxylic acids is 1. The summed E-state index contributed by atoms with van der Waals surface area (Å²) in [5.41, 5.74) is 1.29. The van der Waals surface area contributed by atoms with E-state index in [-0.39, 0.29) is 12.5 Å². The molecule has 0 heterocycles. The molecule has 1 amide bonds. The quantitative estimate of drug-likeness (QED) is 0.798. The Labute approximate surface area is 149 Å². The van der Waals surface area contributed by atoms with E-state index in [2.05, 4.69) is 5.32 Å². The number of hydrogen-bond acceptors (Lipinski definition) is 3. The van der Waals surface area contributed by atoms with E-state index in [0.717, 1.165) is 18.4 Å². The van der Waals surface area contributed by atoms with Crippen LogP contribution in [0.1, 0.15) is 44.1 Å². The molecule has 0 unspecified atom stereocenters. The summed E-state index contributed by atoms with van der Waals surface area (Å²) in [7, 11) is -3.43. The molecule has 1 aliphatic rings. The number of anilines is 1. The van der Waals surface area contributed by atoms with E-state index in [1.54, 1.807) is 25.1 Å². The molecule has 1 aliphatic carbocycles. The topological polar surface area (TPSA) is 66.5 Å². The summed E-state index contributed by atoms with van der Waals surface area (Å²) >= 11 is 6.10. The van der Waals surface area contributed by atoms with Crippen molar-refractivity contribution >= 4 is 33.2 Å². The molecule has 24 heavy (non-hydrogen) atoms. The summed E-state index contributed by atoms with van der Waals surface area (Å²) < 4.78 is 25.6. The third-order valence-electron chi connectivity index (χ3n) is 4.39. The summed E-state index contributed by atoms with van der Waals surface area (Å²) in [6, 6.07) is 5.49. The van der Waals surface area contributed by atoms with Gasteiger partial charge in [-0.15, -0.1) is 0 Å². The Balaban J connectivity index is 1.97. The molecule has 2 rings (SSSR count). The van der Waals surface area contributed by atoms with Gasteiger partial charge in [-0.25, -0.2) is 8.42 Å². The SMILES string of the molecule is Cc1c(Cl)cccc1N(CCCC(=O)NC1CCCC1)S(C)(=O)=O. The fourth-order valence-corrected chi connectivity index (χ4v) is 4.27. The van der Waals surface area contributed by atoms with Crippen molar-refractivity contribution < 1.29 is 13.2 Å². The fraction of sp³-hybridized carbons (Fsp3) is 0.588. The standard InChI is InChI=1S/C17H25ClN2O3S/c1-13-15(18)9-5-10-16(13)20(24(2,22)23)12-6-11-17(21)19-14-7-3-4-8-14/h5,9-10,14H,3-4,6-8,11-12H2,1-2H3,(H,19,21). The molecule has 5 nitrogen and oxygen atoms in total. The molecule has 1 aromatic rings. The Hall–Kier alpha value is -1.27. The van der Waals surface area contributed by atoms with Gasteiger partial charge in [-0.2, -0.15) is 0 Å². The number of hydrogen-bond donors (Lipinski definition) is 1. The molecule has 1 saturated carbocycles. The Bertz CT molecular complexity index is 685. The lowest BCUT2D eigenvalue weighted by Gasteiger charge is -2.24. The van der Waals surface area contributed by atoms with Crippen LogP contribution in [-0.4, -0.2) is 33.2 Å². The predicted molar refractivity (Wildman–Crippen MR) is 98.0 cm³/mol. The lowest BCUT2D eigenvalue weighted by atomic mass is 10.2. The molecule has 0 aliphatic heterocycles. The zero-order chi connectivity index (χ0) is 17.7. The number of carbonyl (C=O) groups is 1. The van der Waals surface area contributed by atoms with Crippen LogP contribution in [0, 0.1) is 6.92 Å². The van der Waals surface area contributed by atoms with Gasteiger partial charge in [-0.05, 0) is 43.9 Å². The Morgan fingerprint density at radius 2 is 2.00 bits per heavy atom. The van der Waals surface area contributed by atoms with Crippen molar-refractivity contribution in [3.8, 4) is 0 Å². The third-order valence-corrected chi connectivity index (χ3v) is 5.98. The molecule has 0 atom stereocenters. The van der Waals surface area contributed by atoms with Crippen LogP contribution in [0.3, 0.4) is 0 Å². The summed E-state index contributed by atoms with van der Waals surface area (Å²) in [6.45, 7) is 2.06. The molecule has 1 aromatic carbocycles. The third kappa shape index (κ3) is 5.11. The molecule has 7 heteroatoms. The normalized spacial score (nSPS) is 15.5. The maximum atomic E-state index is 12.1. The summed E-state index contributed by atoms with van der Waals surface area (Å²) in [5, 5.41) is 3.55. The van der Waals surface area contributed by atoms with Gasteiger partial charge in [-0.1, -0.05) is 30.5 Å². The van der Waals surface area contributed by atoms with Gasteiger partial charge in [0, 0.05) is 24.0 Å². The van der Waals surface area contributed by atoms with E-state index >= 15 is 0 Å². The van der Waals surface area contributed by atoms with Crippen LogP contribution in [0.2, 0.25) is 5.02 Å². The first kappa shape index (κ1) is 19.1. The average molecular weight is 373 g/mol. The highest BCUT2D eigenvalue weighted by Gasteiger charge is 2.21. The summed E-state index contributed by atoms with van der Waals surface area (Å²) in [6.07, 6.45) is 6.39. The van der Waals surface area contributed by atoms with Gasteiger partial charge < -0.3 is 5.32 Å². The first-order valence-electron chi connectivity index (χ1n) is 8.31. The second-order valence-corrected chi connectivity index (χ2v) is 8.69. The van der Waals surface area contributed by atoms with Crippen LogP contribution in [0.5, 0.6) is 0 Å². The number of rotatable bonds is 7. The molecular weight excluding hydrogens is 348 g/mol. The Morgan fingerprint density at radius 1 is 1.33 bits per heavy atom. The van der Waals surface area contributed by atoms with Gasteiger partial charge in [0.1, 0.15) is 0 Å². The van der Waals surface area contributed by atoms with Crippen LogP contribution < -0.4 is 9.62 Å². The molecule has 0 saturated heterocycles. The Kier molecular flexibility index (Phi) is 6.52. The first-order chi connectivity index (χ1) is 11.3. The monoisotopic (exact) mass is 372 g/mol. The highest BCUT2D eigenvalue weighted by molar-refractivity contribution is 7.92. The maximum Gasteiger partial charge on any atom is 0.232 e. The molecular formula is C17H25ClN2O3S. The Morgan fingerprint density at radius 3 is 2.62 bits per heavy atom. The number of halogens is 1. The van der Waals surface area contributed by atoms with E-state index in [1.165, 1.54) is 23.4 Å². The molecule has 0 bridgehead atoms. The van der Waals surface area contributed by atoms with Gasteiger partial charge in [-0.3, -0.25) is 9.10 Å². The smallest absolute Gasteiger partial charge is 0.232 e. The van der Waals surface area contributed by atoms with Crippen LogP contribution in [0.25, 0.3) is 0 Å². The van der Waals surface area contributed by atoms with Crippen molar-refractivity contribution in [1.29, 1.82) is 0 Å². The highest BCUT2D eigenvalue weighted by atomic mass is 35.5. The fourth-order valence-electron chi connectivity index (χ4n) is 3.08. The van der Waals surface area contributed by atoms with Crippen molar-refractivity contribution in [2.45, 2.75) is 51.5 Å². The minimum absolute atomic E-state index is 0.00170. The molecule has 0 radical (unpaired) electrons. The number of nitrogens with zero attached hydrogens (tertiary/aromatic N) is 1. The van der Waals surface area contributed by atoms with Gasteiger partial charge in [0.25, 0.3) is 0 Å². The van der Waals surface area contributed by atoms with E-state index in [0.29, 0.717) is 29.6 Å². The molecule has 134 valence electrons. The van der Waals surface area contributed by atoms with Crippen molar-refractivity contribution in [3.63, 3.8) is 0 Å². The van der Waals surface area contributed by atoms with Crippen molar-refractivity contribution in [3.05, 3.63) is 28.8 Å². The largest absolute Gasteiger partial charge is 0.353 e. The van der Waals surface area contributed by atoms with Gasteiger partial charge >= 0.3 is 0 Å². The van der Waals surface area contributed by atoms with Crippen LogP contribution in [-0.2, 0) is 14.8 Å². The number of sulfonamides is 1.